The van der Waals surface area contributed by atoms with Crippen molar-refractivity contribution in [3.63, 3.8) is 0 Å². The first-order valence-electron chi connectivity index (χ1n) is 11.4. The van der Waals surface area contributed by atoms with E-state index in [4.69, 9.17) is 44.9 Å². The quantitative estimate of drug-likeness (QED) is 0.451. The fourth-order valence-electron chi connectivity index (χ4n) is 5.33. The van der Waals surface area contributed by atoms with Gasteiger partial charge in [0.25, 0.3) is 9.67 Å². The van der Waals surface area contributed by atoms with Crippen molar-refractivity contribution in [2.75, 3.05) is 13.1 Å². The van der Waals surface area contributed by atoms with Gasteiger partial charge in [0.1, 0.15) is 0 Å². The summed E-state index contributed by atoms with van der Waals surface area (Å²) < 4.78 is 9.75. The van der Waals surface area contributed by atoms with E-state index < -0.39 is 0 Å². The molecule has 2 heterocycles. The molecule has 174 valence electrons. The maximum absolute atomic E-state index is 5.96. The molecule has 2 fully saturated rings. The third-order valence-electron chi connectivity index (χ3n) is 7.02. The Morgan fingerprint density at radius 3 is 1.84 bits per heavy atom. The van der Waals surface area contributed by atoms with Crippen LogP contribution in [0.25, 0.3) is 0 Å². The van der Waals surface area contributed by atoms with Crippen molar-refractivity contribution in [2.45, 2.75) is 77.6 Å². The number of hydrogen-bond acceptors (Lipinski definition) is 8. The Balaban J connectivity index is 0.000000176. The molecule has 2 saturated carbocycles. The Morgan fingerprint density at radius 1 is 0.871 bits per heavy atom. The van der Waals surface area contributed by atoms with E-state index in [9.17, 15) is 0 Å². The largest absolute Gasteiger partial charge is 0.330 e. The highest BCUT2D eigenvalue weighted by Crippen LogP contribution is 2.40. The summed E-state index contributed by atoms with van der Waals surface area (Å²) in [6.07, 6.45) is 12.9. The molecular formula is C21H36N6O2S2. The highest BCUT2D eigenvalue weighted by Gasteiger charge is 2.35. The number of H-pyrrole nitrogens is 2. The average Bonchev–Trinajstić information content (AvgIpc) is 3.36. The predicted octanol–water partition coefficient (Wildman–Crippen LogP) is 4.61. The van der Waals surface area contributed by atoms with Crippen LogP contribution in [0.15, 0.2) is 9.05 Å². The molecule has 31 heavy (non-hydrogen) atoms. The van der Waals surface area contributed by atoms with Crippen molar-refractivity contribution in [1.82, 2.24) is 20.3 Å². The molecule has 0 amide bonds. The lowest BCUT2D eigenvalue weighted by atomic mass is 9.68. The first kappa shape index (κ1) is 24.3. The first-order chi connectivity index (χ1) is 14.9. The van der Waals surface area contributed by atoms with Crippen molar-refractivity contribution in [1.29, 1.82) is 0 Å². The molecule has 2 aliphatic carbocycles. The summed E-state index contributed by atoms with van der Waals surface area (Å²) in [7, 11) is 0. The lowest BCUT2D eigenvalue weighted by molar-refractivity contribution is 0.150. The molecule has 2 aromatic rings. The number of rotatable bonds is 6. The van der Waals surface area contributed by atoms with Gasteiger partial charge in [0.2, 0.25) is 0 Å². The Bertz CT molecular complexity index is 913. The van der Waals surface area contributed by atoms with Crippen LogP contribution in [-0.2, 0) is 12.8 Å². The van der Waals surface area contributed by atoms with E-state index in [1.807, 2.05) is 0 Å². The maximum Gasteiger partial charge on any atom is 0.294 e. The van der Waals surface area contributed by atoms with Crippen LogP contribution in [0.4, 0.5) is 0 Å². The summed E-state index contributed by atoms with van der Waals surface area (Å²) in [5.74, 6) is 2.43. The van der Waals surface area contributed by atoms with Gasteiger partial charge >= 0.3 is 0 Å². The number of aromatic nitrogens is 4. The molecule has 2 aliphatic rings. The maximum atomic E-state index is 5.96. The van der Waals surface area contributed by atoms with Gasteiger partial charge in [0, 0.05) is 12.8 Å². The molecule has 2 atom stereocenters. The van der Waals surface area contributed by atoms with E-state index in [2.05, 4.69) is 27.2 Å². The van der Waals surface area contributed by atoms with Gasteiger partial charge in [-0.3, -0.25) is 9.97 Å². The zero-order chi connectivity index (χ0) is 22.3. The average molecular weight is 469 g/mol. The molecule has 2 unspecified atom stereocenters. The molecule has 10 heteroatoms. The lowest BCUT2D eigenvalue weighted by Crippen LogP contribution is -2.37. The van der Waals surface area contributed by atoms with Crippen LogP contribution >= 0.6 is 24.4 Å². The normalized spacial score (nSPS) is 25.6. The third-order valence-corrected chi connectivity index (χ3v) is 7.37. The molecular weight excluding hydrogens is 432 g/mol. The van der Waals surface area contributed by atoms with E-state index in [1.54, 1.807) is 0 Å². The second-order valence-corrected chi connectivity index (χ2v) is 10.3. The second kappa shape index (κ2) is 11.0. The zero-order valence-electron chi connectivity index (χ0n) is 18.5. The SMILES string of the molecule is CC1CCCC(CN)(Cc2noc(=S)[nH]2)C1.NCC1(Cc2noc(=S)[nH]2)CCCCC1. The standard InChI is InChI=1S/C11H19N3OS.C10H17N3OS/c1-8-3-2-4-11(5-8,7-12)6-9-13-10(16)15-14-9;11-7-10(4-2-1-3-5-10)6-8-12-9(15)14-13-8/h8H,2-7,12H2,1H3,(H,13,14,16);1-7,11H2,(H,12,13,15). The fourth-order valence-corrected chi connectivity index (χ4v) is 5.64. The predicted molar refractivity (Wildman–Crippen MR) is 124 cm³/mol. The third kappa shape index (κ3) is 6.81. The molecule has 0 saturated heterocycles. The van der Waals surface area contributed by atoms with Crippen LogP contribution < -0.4 is 11.5 Å². The van der Waals surface area contributed by atoms with Gasteiger partial charge < -0.3 is 20.5 Å². The topological polar surface area (TPSA) is 136 Å². The minimum Gasteiger partial charge on any atom is -0.330 e. The van der Waals surface area contributed by atoms with E-state index in [-0.39, 0.29) is 10.8 Å². The smallest absolute Gasteiger partial charge is 0.294 e. The van der Waals surface area contributed by atoms with Gasteiger partial charge in [0.15, 0.2) is 11.6 Å². The van der Waals surface area contributed by atoms with Crippen molar-refractivity contribution >= 4 is 24.4 Å². The Morgan fingerprint density at radius 2 is 1.39 bits per heavy atom. The molecule has 6 N–H and O–H groups in total. The first-order valence-corrected chi connectivity index (χ1v) is 12.2. The lowest BCUT2D eigenvalue weighted by Gasteiger charge is -2.38. The van der Waals surface area contributed by atoms with Gasteiger partial charge in [-0.1, -0.05) is 49.3 Å². The van der Waals surface area contributed by atoms with Gasteiger partial charge in [0.05, 0.1) is 0 Å². The van der Waals surface area contributed by atoms with E-state index in [0.717, 1.165) is 37.0 Å². The van der Waals surface area contributed by atoms with Crippen LogP contribution in [0.3, 0.4) is 0 Å². The number of nitrogens with two attached hydrogens (primary N) is 2. The van der Waals surface area contributed by atoms with Crippen LogP contribution in [0.1, 0.15) is 76.4 Å². The highest BCUT2D eigenvalue weighted by molar-refractivity contribution is 7.71. The van der Waals surface area contributed by atoms with E-state index >= 15 is 0 Å². The molecule has 0 aromatic carbocycles. The number of nitrogens with one attached hydrogen (secondary N) is 2. The van der Waals surface area contributed by atoms with Crippen LogP contribution in [-0.4, -0.2) is 33.4 Å². The summed E-state index contributed by atoms with van der Waals surface area (Å²) in [4.78, 5) is 6.65. The molecule has 0 spiro atoms. The molecule has 0 bridgehead atoms. The van der Waals surface area contributed by atoms with Crippen LogP contribution in [0, 0.1) is 26.4 Å². The molecule has 0 radical (unpaired) electrons. The Kier molecular flexibility index (Phi) is 8.60. The second-order valence-electron chi connectivity index (χ2n) is 9.61. The Hall–Kier alpha value is -1.36. The van der Waals surface area contributed by atoms with Gasteiger partial charge in [-0.15, -0.1) is 0 Å². The summed E-state index contributed by atoms with van der Waals surface area (Å²) >= 11 is 9.74. The summed E-state index contributed by atoms with van der Waals surface area (Å²) in [5, 5.41) is 7.85. The summed E-state index contributed by atoms with van der Waals surface area (Å²) in [5.41, 5.74) is 12.3. The molecule has 8 nitrogen and oxygen atoms in total. The minimum absolute atomic E-state index is 0.187. The number of aromatic amines is 2. The van der Waals surface area contributed by atoms with Crippen molar-refractivity contribution in [3.8, 4) is 0 Å². The molecule has 0 aliphatic heterocycles. The van der Waals surface area contributed by atoms with Crippen molar-refractivity contribution < 1.29 is 9.05 Å². The highest BCUT2D eigenvalue weighted by atomic mass is 32.1. The van der Waals surface area contributed by atoms with E-state index in [1.165, 1.54) is 57.8 Å². The zero-order valence-corrected chi connectivity index (χ0v) is 20.1. The fraction of sp³-hybridized carbons (Fsp3) is 0.810. The van der Waals surface area contributed by atoms with Gasteiger partial charge in [-0.2, -0.15) is 0 Å². The van der Waals surface area contributed by atoms with Gasteiger partial charge in [-0.25, -0.2) is 0 Å². The molecule has 2 aromatic heterocycles. The summed E-state index contributed by atoms with van der Waals surface area (Å²) in [6, 6.07) is 0. The number of hydrogen-bond donors (Lipinski definition) is 4. The van der Waals surface area contributed by atoms with Crippen LogP contribution in [0.5, 0.6) is 0 Å². The van der Waals surface area contributed by atoms with Gasteiger partial charge in [-0.05, 0) is 80.0 Å². The van der Waals surface area contributed by atoms with E-state index in [0.29, 0.717) is 16.2 Å². The van der Waals surface area contributed by atoms with Crippen molar-refractivity contribution in [2.24, 2.45) is 28.2 Å². The Labute approximate surface area is 193 Å². The number of nitrogens with zero attached hydrogens (tertiary/aromatic N) is 2. The van der Waals surface area contributed by atoms with Crippen molar-refractivity contribution in [3.05, 3.63) is 21.3 Å². The summed E-state index contributed by atoms with van der Waals surface area (Å²) in [6.45, 7) is 3.74. The monoisotopic (exact) mass is 468 g/mol. The van der Waals surface area contributed by atoms with Crippen LogP contribution in [0.2, 0.25) is 0 Å². The molecule has 4 rings (SSSR count). The minimum atomic E-state index is 0.187.